The number of hydrogen-bond donors (Lipinski definition) is 2. The molecule has 0 aliphatic heterocycles. The Kier molecular flexibility index (Phi) is 6.43. The van der Waals surface area contributed by atoms with Crippen molar-refractivity contribution in [3.63, 3.8) is 0 Å². The first-order valence-electron chi connectivity index (χ1n) is 9.73. The summed E-state index contributed by atoms with van der Waals surface area (Å²) < 4.78 is 66.4. The molecule has 2 N–H and O–H groups in total. The molecule has 0 fully saturated rings. The number of anilines is 3. The standard InChI is InChI=1S/C20H21F5N8/c1-18(2,3)10-28-16-31-15(14-27-8-6-12(30-14)19(4,21)22)32-17(33-16)29-11-5-7-26-13(9-11)20(23,24)25/h5-9H,10H2,1-4H3,(H2,26,28,29,31,32,33). The zero-order valence-corrected chi connectivity index (χ0v) is 18.2. The monoisotopic (exact) mass is 468 g/mol. The molecule has 0 aromatic carbocycles. The first-order chi connectivity index (χ1) is 15.2. The number of hydrogen-bond acceptors (Lipinski definition) is 8. The Balaban J connectivity index is 2.02. The van der Waals surface area contributed by atoms with Crippen molar-refractivity contribution >= 4 is 17.6 Å². The van der Waals surface area contributed by atoms with Crippen LogP contribution in [0.5, 0.6) is 0 Å². The highest BCUT2D eigenvalue weighted by molar-refractivity contribution is 5.57. The van der Waals surface area contributed by atoms with Crippen molar-refractivity contribution in [2.24, 2.45) is 5.41 Å². The molecule has 0 radical (unpaired) electrons. The maximum Gasteiger partial charge on any atom is 0.433 e. The third-order valence-electron chi connectivity index (χ3n) is 4.02. The highest BCUT2D eigenvalue weighted by Crippen LogP contribution is 2.30. The zero-order chi connectivity index (χ0) is 24.4. The molecule has 0 spiro atoms. The van der Waals surface area contributed by atoms with Crippen molar-refractivity contribution in [2.75, 3.05) is 17.2 Å². The molecule has 0 aliphatic carbocycles. The van der Waals surface area contributed by atoms with Crippen molar-refractivity contribution < 1.29 is 22.0 Å². The average Bonchev–Trinajstić information content (AvgIpc) is 2.71. The highest BCUT2D eigenvalue weighted by atomic mass is 19.4. The van der Waals surface area contributed by atoms with Crippen LogP contribution in [0.15, 0.2) is 30.6 Å². The van der Waals surface area contributed by atoms with E-state index in [0.29, 0.717) is 13.5 Å². The normalized spacial score (nSPS) is 12.5. The topological polar surface area (TPSA) is 101 Å². The predicted molar refractivity (Wildman–Crippen MR) is 111 cm³/mol. The molecular weight excluding hydrogens is 447 g/mol. The van der Waals surface area contributed by atoms with Crippen LogP contribution in [0.1, 0.15) is 39.1 Å². The molecule has 0 amide bonds. The lowest BCUT2D eigenvalue weighted by molar-refractivity contribution is -0.141. The summed E-state index contributed by atoms with van der Waals surface area (Å²) in [5.41, 5.74) is -1.77. The minimum absolute atomic E-state index is 0.0195. The number of nitrogens with one attached hydrogen (secondary N) is 2. The fourth-order valence-electron chi connectivity index (χ4n) is 2.46. The molecule has 0 bridgehead atoms. The van der Waals surface area contributed by atoms with Gasteiger partial charge in [0.2, 0.25) is 17.7 Å². The van der Waals surface area contributed by atoms with E-state index in [1.165, 1.54) is 6.07 Å². The summed E-state index contributed by atoms with van der Waals surface area (Å²) in [5.74, 6) is -3.61. The van der Waals surface area contributed by atoms with Crippen molar-refractivity contribution in [3.05, 3.63) is 42.0 Å². The van der Waals surface area contributed by atoms with Gasteiger partial charge in [-0.05, 0) is 23.6 Å². The molecule has 0 saturated heterocycles. The lowest BCUT2D eigenvalue weighted by atomic mass is 9.97. The summed E-state index contributed by atoms with van der Waals surface area (Å²) in [6.07, 6.45) is -2.50. The molecule has 0 saturated carbocycles. The van der Waals surface area contributed by atoms with E-state index in [1.807, 2.05) is 20.8 Å². The van der Waals surface area contributed by atoms with Crippen LogP contribution in [0.3, 0.4) is 0 Å². The molecule has 3 aromatic rings. The molecule has 13 heteroatoms. The molecular formula is C20H21F5N8. The average molecular weight is 468 g/mol. The van der Waals surface area contributed by atoms with Crippen LogP contribution in [-0.2, 0) is 12.1 Å². The summed E-state index contributed by atoms with van der Waals surface area (Å²) in [6, 6.07) is 3.16. The Hall–Kier alpha value is -3.51. The minimum Gasteiger partial charge on any atom is -0.354 e. The molecule has 3 aromatic heterocycles. The Morgan fingerprint density at radius 3 is 2.06 bits per heavy atom. The minimum atomic E-state index is -4.64. The third-order valence-corrected chi connectivity index (χ3v) is 4.02. The van der Waals surface area contributed by atoms with Crippen LogP contribution in [0.4, 0.5) is 39.5 Å². The Bertz CT molecular complexity index is 1120. The van der Waals surface area contributed by atoms with Crippen LogP contribution < -0.4 is 10.6 Å². The fourth-order valence-corrected chi connectivity index (χ4v) is 2.46. The van der Waals surface area contributed by atoms with Gasteiger partial charge in [-0.2, -0.15) is 36.9 Å². The number of rotatable bonds is 6. The van der Waals surface area contributed by atoms with Crippen LogP contribution in [0, 0.1) is 5.41 Å². The number of alkyl halides is 5. The van der Waals surface area contributed by atoms with E-state index in [4.69, 9.17) is 0 Å². The lowest BCUT2D eigenvalue weighted by Crippen LogP contribution is -2.21. The van der Waals surface area contributed by atoms with E-state index >= 15 is 0 Å². The summed E-state index contributed by atoms with van der Waals surface area (Å²) >= 11 is 0. The smallest absolute Gasteiger partial charge is 0.354 e. The maximum atomic E-state index is 13.7. The van der Waals surface area contributed by atoms with E-state index in [0.717, 1.165) is 24.5 Å². The predicted octanol–water partition coefficient (Wildman–Crippen LogP) is 5.06. The summed E-state index contributed by atoms with van der Waals surface area (Å²) in [5, 5.41) is 5.67. The molecule has 33 heavy (non-hydrogen) atoms. The first kappa shape index (κ1) is 24.1. The van der Waals surface area contributed by atoms with Crippen LogP contribution in [0.2, 0.25) is 0 Å². The third kappa shape index (κ3) is 6.73. The van der Waals surface area contributed by atoms with E-state index in [2.05, 4.69) is 40.5 Å². The number of halogens is 5. The molecule has 8 nitrogen and oxygen atoms in total. The van der Waals surface area contributed by atoms with Crippen molar-refractivity contribution in [2.45, 2.75) is 39.8 Å². The highest BCUT2D eigenvalue weighted by Gasteiger charge is 2.32. The van der Waals surface area contributed by atoms with Gasteiger partial charge in [-0.25, -0.2) is 9.97 Å². The fraction of sp³-hybridized carbons (Fsp3) is 0.400. The lowest BCUT2D eigenvalue weighted by Gasteiger charge is -2.19. The first-order valence-corrected chi connectivity index (χ1v) is 9.73. The summed E-state index contributed by atoms with van der Waals surface area (Å²) in [7, 11) is 0. The van der Waals surface area contributed by atoms with Crippen molar-refractivity contribution in [1.82, 2.24) is 29.9 Å². The Morgan fingerprint density at radius 1 is 0.758 bits per heavy atom. The van der Waals surface area contributed by atoms with E-state index in [1.54, 1.807) is 0 Å². The van der Waals surface area contributed by atoms with E-state index < -0.39 is 23.5 Å². The van der Waals surface area contributed by atoms with Gasteiger partial charge in [0.25, 0.3) is 5.92 Å². The van der Waals surface area contributed by atoms with Gasteiger partial charge in [0, 0.05) is 31.5 Å². The number of pyridine rings is 1. The summed E-state index contributed by atoms with van der Waals surface area (Å²) in [6.45, 7) is 7.03. The van der Waals surface area contributed by atoms with Crippen LogP contribution >= 0.6 is 0 Å². The molecule has 176 valence electrons. The van der Waals surface area contributed by atoms with Crippen LogP contribution in [0.25, 0.3) is 11.6 Å². The molecule has 0 unspecified atom stereocenters. The van der Waals surface area contributed by atoms with Gasteiger partial charge in [-0.15, -0.1) is 0 Å². The second kappa shape index (κ2) is 8.79. The van der Waals surface area contributed by atoms with Crippen molar-refractivity contribution in [3.8, 4) is 11.6 Å². The van der Waals surface area contributed by atoms with Gasteiger partial charge in [0.15, 0.2) is 5.82 Å². The largest absolute Gasteiger partial charge is 0.433 e. The second-order valence-electron chi connectivity index (χ2n) is 8.43. The Labute approximate surface area is 186 Å². The van der Waals surface area contributed by atoms with E-state index in [-0.39, 0.29) is 34.6 Å². The summed E-state index contributed by atoms with van der Waals surface area (Å²) in [4.78, 5) is 23.6. The van der Waals surface area contributed by atoms with Gasteiger partial charge < -0.3 is 10.6 Å². The SMILES string of the molecule is CC(C)(C)CNc1nc(Nc2ccnc(C(F)(F)F)c2)nc(-c2nccc(C(C)(F)F)n2)n1. The van der Waals surface area contributed by atoms with Gasteiger partial charge >= 0.3 is 6.18 Å². The molecule has 0 atom stereocenters. The number of aromatic nitrogens is 6. The Morgan fingerprint density at radius 2 is 1.42 bits per heavy atom. The van der Waals surface area contributed by atoms with Crippen molar-refractivity contribution in [1.29, 1.82) is 0 Å². The zero-order valence-electron chi connectivity index (χ0n) is 18.2. The van der Waals surface area contributed by atoms with E-state index in [9.17, 15) is 22.0 Å². The second-order valence-corrected chi connectivity index (χ2v) is 8.43. The van der Waals surface area contributed by atoms with Crippen LogP contribution in [-0.4, -0.2) is 36.4 Å². The molecule has 3 heterocycles. The van der Waals surface area contributed by atoms with Gasteiger partial charge in [0.1, 0.15) is 11.4 Å². The number of nitrogens with zero attached hydrogens (tertiary/aromatic N) is 6. The maximum absolute atomic E-state index is 13.7. The molecule has 0 aliphatic rings. The van der Waals surface area contributed by atoms with Gasteiger partial charge in [-0.3, -0.25) is 4.98 Å². The molecule has 3 rings (SSSR count). The van der Waals surface area contributed by atoms with Gasteiger partial charge in [-0.1, -0.05) is 20.8 Å². The van der Waals surface area contributed by atoms with Gasteiger partial charge in [0.05, 0.1) is 0 Å². The quantitative estimate of drug-likeness (QED) is 0.485.